The molecule has 0 fully saturated rings. The number of carbonyl (C=O) groups excluding carboxylic acids is 2. The topological polar surface area (TPSA) is 67.4 Å². The minimum atomic E-state index is -0.604. The Labute approximate surface area is 115 Å². The molecule has 2 amide bonds. The molecule has 0 aliphatic heterocycles. The largest absolute Gasteiger partial charge is 0.465 e. The van der Waals surface area contributed by atoms with Gasteiger partial charge in [-0.15, -0.1) is 0 Å². The van der Waals surface area contributed by atoms with E-state index in [0.717, 1.165) is 0 Å². The number of hydrogen-bond acceptors (Lipinski definition) is 3. The lowest BCUT2D eigenvalue weighted by atomic mass is 10.2. The third kappa shape index (κ3) is 5.13. The molecule has 0 aromatic heterocycles. The molecule has 0 spiro atoms. The summed E-state index contributed by atoms with van der Waals surface area (Å²) in [5.41, 5.74) is 0.190. The first-order valence-corrected chi connectivity index (χ1v) is 6.02. The molecule has 1 aromatic rings. The highest BCUT2D eigenvalue weighted by Crippen LogP contribution is 2.18. The summed E-state index contributed by atoms with van der Waals surface area (Å²) < 4.78 is 18.0. The van der Waals surface area contributed by atoms with Gasteiger partial charge in [-0.25, -0.2) is 9.18 Å². The summed E-state index contributed by atoms with van der Waals surface area (Å²) >= 11 is 5.80. The fraction of sp³-hybridized carbons (Fsp3) is 0.333. The molecule has 0 aliphatic rings. The van der Waals surface area contributed by atoms with E-state index in [9.17, 15) is 14.0 Å². The number of hydrogen-bond donors (Lipinski definition) is 2. The van der Waals surface area contributed by atoms with Crippen molar-refractivity contribution in [3.63, 3.8) is 0 Å². The molecule has 5 nitrogen and oxygen atoms in total. The summed E-state index contributed by atoms with van der Waals surface area (Å²) in [6.45, 7) is 1.59. The number of ether oxygens (including phenoxy) is 1. The van der Waals surface area contributed by atoms with Gasteiger partial charge in [0.05, 0.1) is 6.61 Å². The van der Waals surface area contributed by atoms with Crippen LogP contribution in [0.15, 0.2) is 18.2 Å². The second-order valence-corrected chi connectivity index (χ2v) is 3.95. The smallest absolute Gasteiger partial charge is 0.325 e. The quantitative estimate of drug-likeness (QED) is 0.813. The Morgan fingerprint density at radius 2 is 2.11 bits per heavy atom. The van der Waals surface area contributed by atoms with Gasteiger partial charge in [-0.2, -0.15) is 0 Å². The van der Waals surface area contributed by atoms with Crippen LogP contribution in [0.25, 0.3) is 0 Å². The summed E-state index contributed by atoms with van der Waals surface area (Å²) in [4.78, 5) is 22.3. The Bertz CT molecular complexity index is 448. The predicted molar refractivity (Wildman–Crippen MR) is 68.3 cm³/mol. The van der Waals surface area contributed by atoms with Crippen LogP contribution < -0.4 is 10.6 Å². The molecular weight excluding hydrogens is 275 g/mol. The van der Waals surface area contributed by atoms with Gasteiger partial charge in [0.2, 0.25) is 0 Å². The van der Waals surface area contributed by atoms with Crippen LogP contribution in [-0.2, 0) is 16.1 Å². The highest BCUT2D eigenvalue weighted by molar-refractivity contribution is 6.31. The van der Waals surface area contributed by atoms with Crippen LogP contribution in [0.2, 0.25) is 5.02 Å². The number of esters is 1. The number of benzene rings is 1. The number of rotatable bonds is 5. The van der Waals surface area contributed by atoms with Gasteiger partial charge in [0, 0.05) is 17.1 Å². The molecule has 0 heterocycles. The van der Waals surface area contributed by atoms with Gasteiger partial charge in [-0.3, -0.25) is 4.79 Å². The van der Waals surface area contributed by atoms with Crippen LogP contribution in [0.5, 0.6) is 0 Å². The van der Waals surface area contributed by atoms with Crippen molar-refractivity contribution in [2.24, 2.45) is 0 Å². The monoisotopic (exact) mass is 288 g/mol. The van der Waals surface area contributed by atoms with E-state index in [-0.39, 0.29) is 30.3 Å². The fourth-order valence-corrected chi connectivity index (χ4v) is 1.53. The van der Waals surface area contributed by atoms with Crippen LogP contribution >= 0.6 is 11.6 Å². The molecule has 0 aliphatic carbocycles. The lowest BCUT2D eigenvalue weighted by Gasteiger charge is -2.09. The zero-order chi connectivity index (χ0) is 14.3. The molecular formula is C12H14ClFN2O3. The van der Waals surface area contributed by atoms with Crippen molar-refractivity contribution < 1.29 is 18.7 Å². The average molecular weight is 289 g/mol. The molecule has 7 heteroatoms. The average Bonchev–Trinajstić information content (AvgIpc) is 2.36. The molecule has 1 rings (SSSR count). The van der Waals surface area contributed by atoms with Gasteiger partial charge in [-0.1, -0.05) is 17.7 Å². The summed E-state index contributed by atoms with van der Waals surface area (Å²) in [6.07, 6.45) is 0. The number of carbonyl (C=O) groups is 2. The molecule has 2 N–H and O–H groups in total. The Balaban J connectivity index is 2.40. The van der Waals surface area contributed by atoms with Crippen LogP contribution in [0, 0.1) is 5.82 Å². The number of halogens is 2. The first-order chi connectivity index (χ1) is 9.04. The molecule has 0 saturated carbocycles. The predicted octanol–water partition coefficient (Wildman–Crippen LogP) is 1.84. The zero-order valence-corrected chi connectivity index (χ0v) is 11.1. The van der Waals surface area contributed by atoms with Crippen molar-refractivity contribution in [1.82, 2.24) is 10.6 Å². The van der Waals surface area contributed by atoms with Crippen molar-refractivity contribution in [2.75, 3.05) is 13.2 Å². The normalized spacial score (nSPS) is 9.84. The lowest BCUT2D eigenvalue weighted by Crippen LogP contribution is -2.38. The standard InChI is InChI=1S/C12H14ClFN2O3/c1-2-19-11(17)7-16-12(18)15-6-8-9(13)4-3-5-10(8)14/h3-5H,2,6-7H2,1H3,(H2,15,16,18). The molecule has 0 radical (unpaired) electrons. The molecule has 0 saturated heterocycles. The summed E-state index contributed by atoms with van der Waals surface area (Å²) in [5, 5.41) is 4.91. The second kappa shape index (κ2) is 7.58. The van der Waals surface area contributed by atoms with E-state index in [2.05, 4.69) is 15.4 Å². The van der Waals surface area contributed by atoms with Gasteiger partial charge >= 0.3 is 12.0 Å². The SMILES string of the molecule is CCOC(=O)CNC(=O)NCc1c(F)cccc1Cl. The number of nitrogens with one attached hydrogen (secondary N) is 2. The minimum Gasteiger partial charge on any atom is -0.465 e. The molecule has 0 atom stereocenters. The summed E-state index contributed by atoms with van der Waals surface area (Å²) in [5.74, 6) is -1.04. The summed E-state index contributed by atoms with van der Waals surface area (Å²) in [6, 6.07) is 3.65. The molecule has 0 bridgehead atoms. The number of amides is 2. The maximum absolute atomic E-state index is 13.4. The van der Waals surface area contributed by atoms with Crippen molar-refractivity contribution in [3.05, 3.63) is 34.6 Å². The maximum atomic E-state index is 13.4. The molecule has 19 heavy (non-hydrogen) atoms. The van der Waals surface area contributed by atoms with Gasteiger partial charge in [0.15, 0.2) is 0 Å². The fourth-order valence-electron chi connectivity index (χ4n) is 1.30. The van der Waals surface area contributed by atoms with E-state index >= 15 is 0 Å². The Hall–Kier alpha value is -1.82. The van der Waals surface area contributed by atoms with E-state index in [0.29, 0.717) is 0 Å². The third-order valence-electron chi connectivity index (χ3n) is 2.19. The third-order valence-corrected chi connectivity index (χ3v) is 2.54. The Morgan fingerprint density at radius 3 is 2.74 bits per heavy atom. The number of urea groups is 1. The first-order valence-electron chi connectivity index (χ1n) is 5.64. The highest BCUT2D eigenvalue weighted by Gasteiger charge is 2.09. The van der Waals surface area contributed by atoms with E-state index in [1.165, 1.54) is 18.2 Å². The second-order valence-electron chi connectivity index (χ2n) is 3.54. The minimum absolute atomic E-state index is 0.0693. The van der Waals surface area contributed by atoms with Crippen molar-refractivity contribution in [3.8, 4) is 0 Å². The van der Waals surface area contributed by atoms with Crippen LogP contribution in [0.4, 0.5) is 9.18 Å². The van der Waals surface area contributed by atoms with Crippen LogP contribution in [0.1, 0.15) is 12.5 Å². The first kappa shape index (κ1) is 15.2. The van der Waals surface area contributed by atoms with E-state index < -0.39 is 17.8 Å². The maximum Gasteiger partial charge on any atom is 0.325 e. The van der Waals surface area contributed by atoms with Gasteiger partial charge in [-0.05, 0) is 19.1 Å². The van der Waals surface area contributed by atoms with Crippen molar-refractivity contribution in [2.45, 2.75) is 13.5 Å². The highest BCUT2D eigenvalue weighted by atomic mass is 35.5. The van der Waals surface area contributed by atoms with E-state index in [1.807, 2.05) is 0 Å². The van der Waals surface area contributed by atoms with Crippen LogP contribution in [0.3, 0.4) is 0 Å². The van der Waals surface area contributed by atoms with Crippen molar-refractivity contribution >= 4 is 23.6 Å². The van der Waals surface area contributed by atoms with Crippen molar-refractivity contribution in [1.29, 1.82) is 0 Å². The molecule has 0 unspecified atom stereocenters. The summed E-state index contributed by atoms with van der Waals surface area (Å²) in [7, 11) is 0. The Kier molecular flexibility index (Phi) is 6.08. The molecule has 104 valence electrons. The van der Waals surface area contributed by atoms with Gasteiger partial charge < -0.3 is 15.4 Å². The van der Waals surface area contributed by atoms with E-state index in [1.54, 1.807) is 6.92 Å². The lowest BCUT2D eigenvalue weighted by molar-refractivity contribution is -0.141. The Morgan fingerprint density at radius 1 is 1.37 bits per heavy atom. The zero-order valence-electron chi connectivity index (χ0n) is 10.3. The van der Waals surface area contributed by atoms with Gasteiger partial charge in [0.25, 0.3) is 0 Å². The van der Waals surface area contributed by atoms with Gasteiger partial charge in [0.1, 0.15) is 12.4 Å². The van der Waals surface area contributed by atoms with E-state index in [4.69, 9.17) is 11.6 Å². The van der Waals surface area contributed by atoms with Crippen LogP contribution in [-0.4, -0.2) is 25.2 Å². The molecule has 1 aromatic carbocycles.